The van der Waals surface area contributed by atoms with E-state index in [1.165, 1.54) is 36.7 Å². The van der Waals surface area contributed by atoms with Gasteiger partial charge in [0.1, 0.15) is 5.69 Å². The highest BCUT2D eigenvalue weighted by atomic mass is 16.2. The Morgan fingerprint density at radius 1 is 1.06 bits per heavy atom. The summed E-state index contributed by atoms with van der Waals surface area (Å²) >= 11 is 0. The summed E-state index contributed by atoms with van der Waals surface area (Å²) < 4.78 is 2.89. The molecule has 0 radical (unpaired) electrons. The van der Waals surface area contributed by atoms with Gasteiger partial charge < -0.3 is 9.80 Å². The molecule has 0 bridgehead atoms. The number of hydrogen-bond acceptors (Lipinski definition) is 6. The van der Waals surface area contributed by atoms with Crippen LogP contribution in [0.1, 0.15) is 23.3 Å². The Bertz CT molecular complexity index is 1270. The Kier molecular flexibility index (Phi) is 4.80. The number of anilines is 1. The second kappa shape index (κ2) is 7.64. The number of benzene rings is 1. The number of aryl methyl sites for hydroxylation is 1. The van der Waals surface area contributed by atoms with Crippen LogP contribution in [0.15, 0.2) is 46.2 Å². The molecule has 2 aromatic heterocycles. The van der Waals surface area contributed by atoms with Crippen molar-refractivity contribution in [3.05, 3.63) is 63.1 Å². The molecule has 1 saturated carbocycles. The van der Waals surface area contributed by atoms with Gasteiger partial charge in [-0.3, -0.25) is 19.0 Å². The molecule has 1 aliphatic carbocycles. The van der Waals surface area contributed by atoms with Crippen molar-refractivity contribution in [2.45, 2.75) is 19.4 Å². The average Bonchev–Trinajstić information content (AvgIpc) is 3.61. The van der Waals surface area contributed by atoms with Gasteiger partial charge in [0.25, 0.3) is 17.0 Å². The summed E-state index contributed by atoms with van der Waals surface area (Å²) in [6.45, 7) is 3.20. The van der Waals surface area contributed by atoms with E-state index in [1.807, 2.05) is 18.2 Å². The predicted octanol–water partition coefficient (Wildman–Crippen LogP) is 0.863. The summed E-state index contributed by atoms with van der Waals surface area (Å²) in [6.07, 6.45) is 4.04. The molecule has 0 atom stereocenters. The molecule has 9 nitrogen and oxygen atoms in total. The topological polar surface area (TPSA) is 93.3 Å². The molecule has 31 heavy (non-hydrogen) atoms. The zero-order valence-electron chi connectivity index (χ0n) is 17.4. The standard InChI is InChI=1S/C22H24N6O3/c1-25-20(29)7-6-18(24-25)22(31)27-10-8-26(9-11-27)16-4-5-17-19(12-16)23-14-28(21(17)30)13-15-2-3-15/h4-7,12,14-15H,2-3,8-11,13H2,1H3. The third-order valence-electron chi connectivity index (χ3n) is 6.07. The molecule has 3 heterocycles. The predicted molar refractivity (Wildman–Crippen MR) is 116 cm³/mol. The fourth-order valence-electron chi connectivity index (χ4n) is 4.00. The largest absolute Gasteiger partial charge is 0.368 e. The summed E-state index contributed by atoms with van der Waals surface area (Å²) in [7, 11) is 1.53. The number of rotatable bonds is 4. The van der Waals surface area contributed by atoms with E-state index in [0.717, 1.165) is 12.2 Å². The normalized spacial score (nSPS) is 16.7. The molecular formula is C22H24N6O3. The summed E-state index contributed by atoms with van der Waals surface area (Å²) in [5.41, 5.74) is 1.73. The van der Waals surface area contributed by atoms with Crippen LogP contribution in [0, 0.1) is 5.92 Å². The minimum atomic E-state index is -0.245. The number of piperazine rings is 1. The Morgan fingerprint density at radius 2 is 1.84 bits per heavy atom. The molecule has 0 unspecified atom stereocenters. The molecule has 0 N–H and O–H groups in total. The first-order chi connectivity index (χ1) is 15.0. The molecule has 1 saturated heterocycles. The van der Waals surface area contributed by atoms with Crippen LogP contribution in [0.3, 0.4) is 0 Å². The van der Waals surface area contributed by atoms with E-state index < -0.39 is 0 Å². The number of carbonyl (C=O) groups is 1. The van der Waals surface area contributed by atoms with Crippen LogP contribution in [0.4, 0.5) is 5.69 Å². The van der Waals surface area contributed by atoms with Crippen molar-refractivity contribution in [1.82, 2.24) is 24.2 Å². The van der Waals surface area contributed by atoms with Crippen LogP contribution in [0.25, 0.3) is 10.9 Å². The summed E-state index contributed by atoms with van der Waals surface area (Å²) in [4.78, 5) is 45.4. The van der Waals surface area contributed by atoms with E-state index in [-0.39, 0.29) is 22.7 Å². The zero-order chi connectivity index (χ0) is 21.5. The third kappa shape index (κ3) is 3.83. The number of aromatic nitrogens is 4. The number of hydrogen-bond donors (Lipinski definition) is 0. The van der Waals surface area contributed by atoms with Gasteiger partial charge in [0, 0.05) is 51.5 Å². The molecule has 1 amide bonds. The van der Waals surface area contributed by atoms with Crippen molar-refractivity contribution >= 4 is 22.5 Å². The monoisotopic (exact) mass is 420 g/mol. The fourth-order valence-corrected chi connectivity index (χ4v) is 4.00. The Labute approximate surface area is 178 Å². The SMILES string of the molecule is Cn1nc(C(=O)N2CCN(c3ccc4c(=O)n(CC5CC5)cnc4c3)CC2)ccc1=O. The van der Waals surface area contributed by atoms with Crippen LogP contribution in [-0.4, -0.2) is 56.3 Å². The molecule has 1 aliphatic heterocycles. The molecule has 1 aromatic carbocycles. The van der Waals surface area contributed by atoms with Crippen molar-refractivity contribution in [3.8, 4) is 0 Å². The van der Waals surface area contributed by atoms with Crippen molar-refractivity contribution in [3.63, 3.8) is 0 Å². The summed E-state index contributed by atoms with van der Waals surface area (Å²) in [5, 5.41) is 4.70. The number of carbonyl (C=O) groups excluding carboxylic acids is 1. The molecule has 5 rings (SSSR count). The second-order valence-corrected chi connectivity index (χ2v) is 8.31. The number of fused-ring (bicyclic) bond motifs is 1. The molecule has 9 heteroatoms. The van der Waals surface area contributed by atoms with E-state index in [9.17, 15) is 14.4 Å². The molecule has 0 spiro atoms. The first kappa shape index (κ1) is 19.5. The van der Waals surface area contributed by atoms with Crippen LogP contribution < -0.4 is 16.0 Å². The second-order valence-electron chi connectivity index (χ2n) is 8.31. The van der Waals surface area contributed by atoms with Crippen LogP contribution in [0.2, 0.25) is 0 Å². The smallest absolute Gasteiger partial charge is 0.274 e. The molecular weight excluding hydrogens is 396 g/mol. The molecule has 3 aromatic rings. The van der Waals surface area contributed by atoms with Crippen LogP contribution in [-0.2, 0) is 13.6 Å². The lowest BCUT2D eigenvalue weighted by Gasteiger charge is -2.36. The van der Waals surface area contributed by atoms with Gasteiger partial charge in [0.15, 0.2) is 0 Å². The third-order valence-corrected chi connectivity index (χ3v) is 6.07. The molecule has 2 fully saturated rings. The lowest BCUT2D eigenvalue weighted by Crippen LogP contribution is -2.49. The van der Waals surface area contributed by atoms with Gasteiger partial charge in [-0.25, -0.2) is 9.67 Å². The van der Waals surface area contributed by atoms with Crippen molar-refractivity contribution in [2.24, 2.45) is 13.0 Å². The first-order valence-corrected chi connectivity index (χ1v) is 10.6. The highest BCUT2D eigenvalue weighted by Crippen LogP contribution is 2.30. The maximum atomic E-state index is 12.7. The fraction of sp³-hybridized carbons (Fsp3) is 0.409. The van der Waals surface area contributed by atoms with Gasteiger partial charge in [-0.05, 0) is 43.0 Å². The lowest BCUT2D eigenvalue weighted by molar-refractivity contribution is 0.0738. The van der Waals surface area contributed by atoms with E-state index in [0.29, 0.717) is 43.0 Å². The van der Waals surface area contributed by atoms with Gasteiger partial charge >= 0.3 is 0 Å². The van der Waals surface area contributed by atoms with Crippen LogP contribution >= 0.6 is 0 Å². The van der Waals surface area contributed by atoms with E-state index in [4.69, 9.17) is 0 Å². The van der Waals surface area contributed by atoms with E-state index in [2.05, 4.69) is 15.0 Å². The van der Waals surface area contributed by atoms with Gasteiger partial charge in [0.05, 0.1) is 17.2 Å². The van der Waals surface area contributed by atoms with Gasteiger partial charge in [-0.1, -0.05) is 0 Å². The lowest BCUT2D eigenvalue weighted by atomic mass is 10.2. The van der Waals surface area contributed by atoms with Crippen molar-refractivity contribution < 1.29 is 4.79 Å². The molecule has 2 aliphatic rings. The first-order valence-electron chi connectivity index (χ1n) is 10.6. The number of nitrogens with zero attached hydrogens (tertiary/aromatic N) is 6. The Balaban J connectivity index is 1.29. The summed E-state index contributed by atoms with van der Waals surface area (Å²) in [5.74, 6) is 0.442. The van der Waals surface area contributed by atoms with E-state index >= 15 is 0 Å². The van der Waals surface area contributed by atoms with E-state index in [1.54, 1.807) is 15.8 Å². The molecule has 160 valence electrons. The Morgan fingerprint density at radius 3 is 2.55 bits per heavy atom. The maximum absolute atomic E-state index is 12.7. The highest BCUT2D eigenvalue weighted by molar-refractivity contribution is 5.92. The zero-order valence-corrected chi connectivity index (χ0v) is 17.4. The van der Waals surface area contributed by atoms with Gasteiger partial charge in [0.2, 0.25) is 0 Å². The van der Waals surface area contributed by atoms with Crippen molar-refractivity contribution in [1.29, 1.82) is 0 Å². The van der Waals surface area contributed by atoms with Gasteiger partial charge in [-0.15, -0.1) is 0 Å². The van der Waals surface area contributed by atoms with Gasteiger partial charge in [-0.2, -0.15) is 5.10 Å². The Hall–Kier alpha value is -3.49. The highest BCUT2D eigenvalue weighted by Gasteiger charge is 2.25. The quantitative estimate of drug-likeness (QED) is 0.622. The summed E-state index contributed by atoms with van der Waals surface area (Å²) in [6, 6.07) is 8.59. The number of amides is 1. The maximum Gasteiger partial charge on any atom is 0.274 e. The van der Waals surface area contributed by atoms with Crippen molar-refractivity contribution in [2.75, 3.05) is 31.1 Å². The minimum absolute atomic E-state index is 0.0172. The average molecular weight is 420 g/mol. The minimum Gasteiger partial charge on any atom is -0.368 e. The van der Waals surface area contributed by atoms with Crippen LogP contribution in [0.5, 0.6) is 0 Å².